The van der Waals surface area contributed by atoms with E-state index in [2.05, 4.69) is 17.1 Å². The van der Waals surface area contributed by atoms with Crippen LogP contribution in [0.15, 0.2) is 47.1 Å². The first-order valence-corrected chi connectivity index (χ1v) is 10.1. The van der Waals surface area contributed by atoms with E-state index in [1.165, 1.54) is 25.7 Å². The fraction of sp³-hybridized carbons (Fsp3) is 0.500. The molecular formula is C22H30N2O3. The van der Waals surface area contributed by atoms with Crippen LogP contribution in [0, 0.1) is 0 Å². The van der Waals surface area contributed by atoms with Crippen LogP contribution in [0.5, 0.6) is 5.75 Å². The van der Waals surface area contributed by atoms with Gasteiger partial charge < -0.3 is 14.5 Å². The minimum absolute atomic E-state index is 0.0664. The van der Waals surface area contributed by atoms with Crippen LogP contribution < -0.4 is 10.1 Å². The summed E-state index contributed by atoms with van der Waals surface area (Å²) >= 11 is 0. The molecule has 2 heterocycles. The molecule has 1 aliphatic heterocycles. The Hall–Kier alpha value is -2.27. The molecule has 1 amide bonds. The number of hydrogen-bond acceptors (Lipinski definition) is 4. The normalized spacial score (nSPS) is 15.6. The molecule has 0 unspecified atom stereocenters. The highest BCUT2D eigenvalue weighted by molar-refractivity contribution is 5.94. The molecule has 0 saturated carbocycles. The summed E-state index contributed by atoms with van der Waals surface area (Å²) in [4.78, 5) is 14.9. The number of rotatable bonds is 10. The van der Waals surface area contributed by atoms with Crippen molar-refractivity contribution in [2.24, 2.45) is 0 Å². The van der Waals surface area contributed by atoms with Crippen LogP contribution in [0.1, 0.15) is 61.2 Å². The third-order valence-electron chi connectivity index (χ3n) is 5.04. The molecule has 1 N–H and O–H groups in total. The van der Waals surface area contributed by atoms with Crippen LogP contribution in [-0.2, 0) is 0 Å². The van der Waals surface area contributed by atoms with Crippen LogP contribution in [0.2, 0.25) is 0 Å². The minimum Gasteiger partial charge on any atom is -0.494 e. The molecule has 3 rings (SSSR count). The Kier molecular flexibility index (Phi) is 7.34. The first kappa shape index (κ1) is 19.5. The molecule has 1 fully saturated rings. The molecule has 146 valence electrons. The maximum Gasteiger partial charge on any atom is 0.251 e. The number of benzene rings is 1. The van der Waals surface area contributed by atoms with Crippen LogP contribution in [0.25, 0.3) is 0 Å². The number of amides is 1. The Bertz CT molecular complexity index is 676. The predicted molar refractivity (Wildman–Crippen MR) is 106 cm³/mol. The SMILES string of the molecule is CCCCCOc1ccc(C(=O)NC[C@@H](c2ccco2)N2CCCC2)cc1. The van der Waals surface area contributed by atoms with Crippen LogP contribution in [-0.4, -0.2) is 37.0 Å². The van der Waals surface area contributed by atoms with Gasteiger partial charge in [0.15, 0.2) is 0 Å². The molecule has 0 radical (unpaired) electrons. The van der Waals surface area contributed by atoms with E-state index in [1.54, 1.807) is 6.26 Å². The lowest BCUT2D eigenvalue weighted by Gasteiger charge is -2.26. The average molecular weight is 370 g/mol. The van der Waals surface area contributed by atoms with Crippen LogP contribution in [0.4, 0.5) is 0 Å². The fourth-order valence-corrected chi connectivity index (χ4v) is 3.48. The Morgan fingerprint density at radius 1 is 1.19 bits per heavy atom. The first-order valence-electron chi connectivity index (χ1n) is 10.1. The van der Waals surface area contributed by atoms with Crippen molar-refractivity contribution in [2.75, 3.05) is 26.2 Å². The largest absolute Gasteiger partial charge is 0.494 e. The van der Waals surface area contributed by atoms with Gasteiger partial charge in [-0.3, -0.25) is 9.69 Å². The van der Waals surface area contributed by atoms with E-state index in [-0.39, 0.29) is 11.9 Å². The number of ether oxygens (including phenoxy) is 1. The number of nitrogens with one attached hydrogen (secondary N) is 1. The van der Waals surface area contributed by atoms with Gasteiger partial charge in [0, 0.05) is 12.1 Å². The lowest BCUT2D eigenvalue weighted by molar-refractivity contribution is 0.0933. The summed E-state index contributed by atoms with van der Waals surface area (Å²) in [5, 5.41) is 3.06. The highest BCUT2D eigenvalue weighted by Gasteiger charge is 2.26. The van der Waals surface area contributed by atoms with E-state index in [1.807, 2.05) is 36.4 Å². The Morgan fingerprint density at radius 2 is 1.96 bits per heavy atom. The lowest BCUT2D eigenvalue weighted by atomic mass is 10.1. The summed E-state index contributed by atoms with van der Waals surface area (Å²) in [5.74, 6) is 1.66. The van der Waals surface area contributed by atoms with Crippen LogP contribution >= 0.6 is 0 Å². The van der Waals surface area contributed by atoms with Crippen molar-refractivity contribution >= 4 is 5.91 Å². The van der Waals surface area contributed by atoms with Gasteiger partial charge in [0.1, 0.15) is 11.5 Å². The molecule has 5 nitrogen and oxygen atoms in total. The van der Waals surface area contributed by atoms with Gasteiger partial charge in [-0.15, -0.1) is 0 Å². The predicted octanol–water partition coefficient (Wildman–Crippen LogP) is 4.42. The topological polar surface area (TPSA) is 54.7 Å². The Morgan fingerprint density at radius 3 is 2.63 bits per heavy atom. The Balaban J connectivity index is 1.52. The van der Waals surface area contributed by atoms with Crippen molar-refractivity contribution in [3.05, 3.63) is 54.0 Å². The standard InChI is InChI=1S/C22H30N2O3/c1-2-3-6-15-26-19-11-9-18(10-12-19)22(25)23-17-20(21-8-7-16-27-21)24-13-4-5-14-24/h7-12,16,20H,2-6,13-15,17H2,1H3,(H,23,25)/t20-/m0/s1. The number of furan rings is 1. The lowest BCUT2D eigenvalue weighted by Crippen LogP contribution is -2.36. The molecule has 1 atom stereocenters. The van der Waals surface area contributed by atoms with Gasteiger partial charge in [-0.2, -0.15) is 0 Å². The number of unbranched alkanes of at least 4 members (excludes halogenated alkanes) is 2. The zero-order valence-electron chi connectivity index (χ0n) is 16.2. The third kappa shape index (κ3) is 5.60. The molecule has 1 aromatic carbocycles. The van der Waals surface area contributed by atoms with Crippen molar-refractivity contribution < 1.29 is 13.9 Å². The van der Waals surface area contributed by atoms with Gasteiger partial charge in [-0.1, -0.05) is 19.8 Å². The van der Waals surface area contributed by atoms with Gasteiger partial charge in [0.05, 0.1) is 18.9 Å². The number of nitrogens with zero attached hydrogens (tertiary/aromatic N) is 1. The highest BCUT2D eigenvalue weighted by atomic mass is 16.5. The number of likely N-dealkylation sites (tertiary alicyclic amines) is 1. The van der Waals surface area contributed by atoms with Gasteiger partial charge in [0.2, 0.25) is 0 Å². The summed E-state index contributed by atoms with van der Waals surface area (Å²) in [6.07, 6.45) is 7.51. The quantitative estimate of drug-likeness (QED) is 0.629. The molecule has 5 heteroatoms. The van der Waals surface area contributed by atoms with Crippen LogP contribution in [0.3, 0.4) is 0 Å². The average Bonchev–Trinajstić information content (AvgIpc) is 3.40. The molecular weight excluding hydrogens is 340 g/mol. The molecule has 0 bridgehead atoms. The van der Waals surface area contributed by atoms with E-state index in [0.717, 1.165) is 37.6 Å². The fourth-order valence-electron chi connectivity index (χ4n) is 3.48. The second-order valence-electron chi connectivity index (χ2n) is 7.06. The van der Waals surface area contributed by atoms with Gasteiger partial charge >= 0.3 is 0 Å². The zero-order chi connectivity index (χ0) is 18.9. The minimum atomic E-state index is -0.0664. The van der Waals surface area contributed by atoms with E-state index in [4.69, 9.17) is 9.15 Å². The first-order chi connectivity index (χ1) is 13.3. The molecule has 27 heavy (non-hydrogen) atoms. The third-order valence-corrected chi connectivity index (χ3v) is 5.04. The molecule has 0 aliphatic carbocycles. The number of carbonyl (C=O) groups excluding carboxylic acids is 1. The second-order valence-corrected chi connectivity index (χ2v) is 7.06. The summed E-state index contributed by atoms with van der Waals surface area (Å²) in [6.45, 7) is 5.53. The maximum absolute atomic E-state index is 12.5. The van der Waals surface area contributed by atoms with Gasteiger partial charge in [-0.25, -0.2) is 0 Å². The summed E-state index contributed by atoms with van der Waals surface area (Å²) in [5.41, 5.74) is 0.649. The molecule has 1 aromatic heterocycles. The Labute approximate surface area is 161 Å². The number of carbonyl (C=O) groups is 1. The number of hydrogen-bond donors (Lipinski definition) is 1. The van der Waals surface area contributed by atoms with E-state index in [0.29, 0.717) is 12.1 Å². The maximum atomic E-state index is 12.5. The van der Waals surface area contributed by atoms with E-state index < -0.39 is 0 Å². The summed E-state index contributed by atoms with van der Waals surface area (Å²) in [6, 6.07) is 11.4. The van der Waals surface area contributed by atoms with Gasteiger partial charge in [-0.05, 0) is 68.8 Å². The molecule has 1 aliphatic rings. The van der Waals surface area contributed by atoms with Crippen molar-refractivity contribution in [2.45, 2.75) is 45.1 Å². The smallest absolute Gasteiger partial charge is 0.251 e. The zero-order valence-corrected chi connectivity index (χ0v) is 16.2. The molecule has 2 aromatic rings. The van der Waals surface area contributed by atoms with Gasteiger partial charge in [0.25, 0.3) is 5.91 Å². The highest BCUT2D eigenvalue weighted by Crippen LogP contribution is 2.25. The molecule has 0 spiro atoms. The van der Waals surface area contributed by atoms with E-state index in [9.17, 15) is 4.79 Å². The molecule has 1 saturated heterocycles. The second kappa shape index (κ2) is 10.2. The monoisotopic (exact) mass is 370 g/mol. The van der Waals surface area contributed by atoms with Crippen molar-refractivity contribution in [3.8, 4) is 5.75 Å². The van der Waals surface area contributed by atoms with Crippen molar-refractivity contribution in [3.63, 3.8) is 0 Å². The van der Waals surface area contributed by atoms with Crippen molar-refractivity contribution in [1.82, 2.24) is 10.2 Å². The summed E-state index contributed by atoms with van der Waals surface area (Å²) in [7, 11) is 0. The van der Waals surface area contributed by atoms with Crippen molar-refractivity contribution in [1.29, 1.82) is 0 Å². The summed E-state index contributed by atoms with van der Waals surface area (Å²) < 4.78 is 11.3. The van der Waals surface area contributed by atoms with E-state index >= 15 is 0 Å².